The Hall–Kier alpha value is -1.50. The lowest BCUT2D eigenvalue weighted by Gasteiger charge is -2.10. The van der Waals surface area contributed by atoms with Gasteiger partial charge in [-0.25, -0.2) is 0 Å². The summed E-state index contributed by atoms with van der Waals surface area (Å²) in [6.07, 6.45) is 1.17. The summed E-state index contributed by atoms with van der Waals surface area (Å²) in [5.41, 5.74) is 5.30. The highest BCUT2D eigenvalue weighted by Crippen LogP contribution is 2.23. The summed E-state index contributed by atoms with van der Waals surface area (Å²) < 4.78 is 2.39. The molecule has 1 aromatic carbocycles. The molecule has 16 heavy (non-hydrogen) atoms. The molecule has 1 heteroatoms. The predicted octanol–water partition coefficient (Wildman–Crippen LogP) is 4.18. The molecule has 0 bridgehead atoms. The third kappa shape index (κ3) is 2.04. The molecule has 0 radical (unpaired) electrons. The van der Waals surface area contributed by atoms with Crippen LogP contribution in [0.5, 0.6) is 0 Å². The highest BCUT2D eigenvalue weighted by atomic mass is 15.0. The summed E-state index contributed by atoms with van der Waals surface area (Å²) in [5.74, 6) is 0. The summed E-state index contributed by atoms with van der Waals surface area (Å²) in [6, 6.07) is 13.2. The summed E-state index contributed by atoms with van der Waals surface area (Å²) in [6.45, 7) is 7.62. The van der Waals surface area contributed by atoms with Crippen LogP contribution in [0, 0.1) is 13.8 Å². The molecule has 0 fully saturated rings. The summed E-state index contributed by atoms with van der Waals surface area (Å²) in [4.78, 5) is 0. The summed E-state index contributed by atoms with van der Waals surface area (Å²) in [5, 5.41) is 0. The molecule has 1 aromatic heterocycles. The Bertz CT molecular complexity index is 463. The third-order valence-corrected chi connectivity index (χ3v) is 2.99. The van der Waals surface area contributed by atoms with Gasteiger partial charge in [-0.2, -0.15) is 0 Å². The van der Waals surface area contributed by atoms with Crippen LogP contribution in [0.4, 0.5) is 0 Å². The Morgan fingerprint density at radius 2 is 1.62 bits per heavy atom. The fraction of sp³-hybridized carbons (Fsp3) is 0.333. The van der Waals surface area contributed by atoms with Crippen molar-refractivity contribution in [3.63, 3.8) is 0 Å². The monoisotopic (exact) mass is 213 g/mol. The molecule has 0 atom stereocenters. The van der Waals surface area contributed by atoms with E-state index < -0.39 is 0 Å². The first kappa shape index (κ1) is 11.0. The van der Waals surface area contributed by atoms with Gasteiger partial charge in [-0.1, -0.05) is 36.8 Å². The highest BCUT2D eigenvalue weighted by molar-refractivity contribution is 5.61. The minimum atomic E-state index is 1.10. The van der Waals surface area contributed by atoms with Gasteiger partial charge in [-0.05, 0) is 38.0 Å². The zero-order chi connectivity index (χ0) is 11.5. The molecule has 0 aliphatic carbocycles. The van der Waals surface area contributed by atoms with Gasteiger partial charge in [0.05, 0.1) is 0 Å². The molecule has 0 saturated heterocycles. The van der Waals surface area contributed by atoms with Gasteiger partial charge in [0, 0.05) is 17.9 Å². The highest BCUT2D eigenvalue weighted by Gasteiger charge is 2.05. The molecule has 0 aliphatic heterocycles. The van der Waals surface area contributed by atoms with Gasteiger partial charge in [0.25, 0.3) is 0 Å². The maximum atomic E-state index is 2.39. The second kappa shape index (κ2) is 4.56. The maximum absolute atomic E-state index is 2.39. The standard InChI is InChI=1S/C15H19N/c1-4-11-16-13(3)7-10-15(16)14-8-5-12(2)6-9-14/h5-10H,4,11H2,1-3H3. The molecule has 1 nitrogen and oxygen atoms in total. The zero-order valence-corrected chi connectivity index (χ0v) is 10.3. The molecular formula is C15H19N. The van der Waals surface area contributed by atoms with E-state index in [1.54, 1.807) is 0 Å². The van der Waals surface area contributed by atoms with E-state index in [2.05, 4.69) is 61.7 Å². The van der Waals surface area contributed by atoms with Crippen LogP contribution < -0.4 is 0 Å². The second-order valence-electron chi connectivity index (χ2n) is 4.38. The van der Waals surface area contributed by atoms with E-state index in [4.69, 9.17) is 0 Å². The number of hydrogen-bond acceptors (Lipinski definition) is 0. The van der Waals surface area contributed by atoms with E-state index in [9.17, 15) is 0 Å². The molecule has 0 saturated carbocycles. The Kier molecular flexibility index (Phi) is 3.14. The predicted molar refractivity (Wildman–Crippen MR) is 69.6 cm³/mol. The van der Waals surface area contributed by atoms with Crippen molar-refractivity contribution in [2.24, 2.45) is 0 Å². The van der Waals surface area contributed by atoms with Gasteiger partial charge in [-0.3, -0.25) is 0 Å². The van der Waals surface area contributed by atoms with Crippen molar-refractivity contribution in [3.8, 4) is 11.3 Å². The van der Waals surface area contributed by atoms with E-state index in [1.807, 2.05) is 0 Å². The lowest BCUT2D eigenvalue weighted by molar-refractivity contribution is 0.672. The van der Waals surface area contributed by atoms with E-state index >= 15 is 0 Å². The van der Waals surface area contributed by atoms with Crippen LogP contribution in [0.15, 0.2) is 36.4 Å². The Morgan fingerprint density at radius 1 is 0.938 bits per heavy atom. The van der Waals surface area contributed by atoms with Crippen molar-refractivity contribution in [2.45, 2.75) is 33.7 Å². The fourth-order valence-corrected chi connectivity index (χ4v) is 2.07. The maximum Gasteiger partial charge on any atom is 0.0482 e. The topological polar surface area (TPSA) is 4.93 Å². The van der Waals surface area contributed by atoms with Gasteiger partial charge in [0.2, 0.25) is 0 Å². The number of rotatable bonds is 3. The largest absolute Gasteiger partial charge is 0.345 e. The first-order chi connectivity index (χ1) is 7.72. The van der Waals surface area contributed by atoms with E-state index in [-0.39, 0.29) is 0 Å². The first-order valence-electron chi connectivity index (χ1n) is 5.95. The van der Waals surface area contributed by atoms with Crippen LogP contribution >= 0.6 is 0 Å². The Morgan fingerprint density at radius 3 is 2.25 bits per heavy atom. The van der Waals surface area contributed by atoms with Gasteiger partial charge in [0.15, 0.2) is 0 Å². The Balaban J connectivity index is 2.43. The van der Waals surface area contributed by atoms with Crippen molar-refractivity contribution < 1.29 is 0 Å². The van der Waals surface area contributed by atoms with Gasteiger partial charge < -0.3 is 4.57 Å². The molecule has 2 rings (SSSR count). The summed E-state index contributed by atoms with van der Waals surface area (Å²) in [7, 11) is 0. The molecule has 0 amide bonds. The van der Waals surface area contributed by atoms with Crippen molar-refractivity contribution in [3.05, 3.63) is 47.7 Å². The Labute approximate surface area is 97.7 Å². The van der Waals surface area contributed by atoms with Crippen molar-refractivity contribution >= 4 is 0 Å². The SMILES string of the molecule is CCCn1c(C)ccc1-c1ccc(C)cc1. The molecule has 0 N–H and O–H groups in total. The molecule has 0 spiro atoms. The molecule has 2 aromatic rings. The van der Waals surface area contributed by atoms with Crippen LogP contribution in [0.25, 0.3) is 11.3 Å². The third-order valence-electron chi connectivity index (χ3n) is 2.99. The van der Waals surface area contributed by atoms with Crippen LogP contribution in [-0.4, -0.2) is 4.57 Å². The van der Waals surface area contributed by atoms with Gasteiger partial charge in [0.1, 0.15) is 0 Å². The van der Waals surface area contributed by atoms with Gasteiger partial charge >= 0.3 is 0 Å². The lowest BCUT2D eigenvalue weighted by Crippen LogP contribution is -2.00. The average Bonchev–Trinajstić information content (AvgIpc) is 2.63. The smallest absolute Gasteiger partial charge is 0.0482 e. The van der Waals surface area contributed by atoms with E-state index in [0.717, 1.165) is 6.54 Å². The minimum absolute atomic E-state index is 1.10. The molecule has 1 heterocycles. The van der Waals surface area contributed by atoms with E-state index in [0.29, 0.717) is 0 Å². The van der Waals surface area contributed by atoms with Gasteiger partial charge in [-0.15, -0.1) is 0 Å². The number of aromatic nitrogens is 1. The summed E-state index contributed by atoms with van der Waals surface area (Å²) >= 11 is 0. The van der Waals surface area contributed by atoms with Crippen molar-refractivity contribution in [2.75, 3.05) is 0 Å². The molecule has 0 aliphatic rings. The minimum Gasteiger partial charge on any atom is -0.345 e. The second-order valence-corrected chi connectivity index (χ2v) is 4.38. The molecule has 84 valence electrons. The van der Waals surface area contributed by atoms with Crippen LogP contribution in [-0.2, 0) is 6.54 Å². The number of benzene rings is 1. The van der Waals surface area contributed by atoms with Crippen LogP contribution in [0.2, 0.25) is 0 Å². The molecule has 0 unspecified atom stereocenters. The number of nitrogens with zero attached hydrogens (tertiary/aromatic N) is 1. The zero-order valence-electron chi connectivity index (χ0n) is 10.3. The molecular weight excluding hydrogens is 194 g/mol. The van der Waals surface area contributed by atoms with E-state index in [1.165, 1.54) is 28.9 Å². The van der Waals surface area contributed by atoms with Crippen molar-refractivity contribution in [1.82, 2.24) is 4.57 Å². The lowest BCUT2D eigenvalue weighted by atomic mass is 10.1. The quantitative estimate of drug-likeness (QED) is 0.720. The van der Waals surface area contributed by atoms with Crippen molar-refractivity contribution in [1.29, 1.82) is 0 Å². The van der Waals surface area contributed by atoms with Crippen LogP contribution in [0.3, 0.4) is 0 Å². The normalized spacial score (nSPS) is 10.7. The number of hydrogen-bond donors (Lipinski definition) is 0. The first-order valence-corrected chi connectivity index (χ1v) is 5.95. The number of aryl methyl sites for hydroxylation is 2. The average molecular weight is 213 g/mol. The fourth-order valence-electron chi connectivity index (χ4n) is 2.07. The van der Waals surface area contributed by atoms with Crippen LogP contribution in [0.1, 0.15) is 24.6 Å².